The number of piperidine rings is 1. The van der Waals surface area contributed by atoms with Gasteiger partial charge in [0, 0.05) is 17.0 Å². The molecule has 1 aromatic rings. The highest BCUT2D eigenvalue weighted by molar-refractivity contribution is 5.94. The van der Waals surface area contributed by atoms with Crippen LogP contribution in [0.4, 0.5) is 0 Å². The van der Waals surface area contributed by atoms with Crippen molar-refractivity contribution in [3.05, 3.63) is 34.9 Å². The van der Waals surface area contributed by atoms with Crippen molar-refractivity contribution in [2.75, 3.05) is 13.1 Å². The molecule has 1 heterocycles. The summed E-state index contributed by atoms with van der Waals surface area (Å²) in [4.78, 5) is 11.2. The molecule has 1 amide bonds. The van der Waals surface area contributed by atoms with Gasteiger partial charge in [-0.1, -0.05) is 17.9 Å². The van der Waals surface area contributed by atoms with Gasteiger partial charge in [-0.3, -0.25) is 4.79 Å². The van der Waals surface area contributed by atoms with Gasteiger partial charge in [0.1, 0.15) is 0 Å². The second kappa shape index (κ2) is 5.70. The van der Waals surface area contributed by atoms with Gasteiger partial charge in [-0.05, 0) is 50.6 Å². The molecule has 1 saturated heterocycles. The molecule has 0 atom stereocenters. The summed E-state index contributed by atoms with van der Waals surface area (Å²) in [5.41, 5.74) is 7.66. The standard InChI is InChI=1S/C15H18N2O/c1-11-2-3-13(10-14(11)15(16)18)5-4-12-6-8-17-9-7-12/h2-3,10,12,17H,6-9H2,1H3,(H2,16,18). The Bertz CT molecular complexity index is 505. The van der Waals surface area contributed by atoms with Crippen LogP contribution in [0.5, 0.6) is 0 Å². The third-order valence-corrected chi connectivity index (χ3v) is 3.26. The predicted molar refractivity (Wildman–Crippen MR) is 72.2 cm³/mol. The summed E-state index contributed by atoms with van der Waals surface area (Å²) in [6, 6.07) is 5.62. The number of hydrogen-bond acceptors (Lipinski definition) is 2. The van der Waals surface area contributed by atoms with E-state index in [2.05, 4.69) is 17.2 Å². The van der Waals surface area contributed by atoms with Gasteiger partial charge in [0.05, 0.1) is 0 Å². The maximum absolute atomic E-state index is 11.2. The zero-order chi connectivity index (χ0) is 13.0. The summed E-state index contributed by atoms with van der Waals surface area (Å²) in [5.74, 6) is 6.50. The number of nitrogens with one attached hydrogen (secondary N) is 1. The lowest BCUT2D eigenvalue weighted by Crippen LogP contribution is -2.26. The van der Waals surface area contributed by atoms with Crippen LogP contribution >= 0.6 is 0 Å². The summed E-state index contributed by atoms with van der Waals surface area (Å²) in [6.07, 6.45) is 2.20. The van der Waals surface area contributed by atoms with Crippen LogP contribution in [-0.2, 0) is 0 Å². The molecule has 18 heavy (non-hydrogen) atoms. The van der Waals surface area contributed by atoms with Crippen molar-refractivity contribution in [1.82, 2.24) is 5.32 Å². The zero-order valence-corrected chi connectivity index (χ0v) is 10.6. The molecule has 1 aromatic carbocycles. The van der Waals surface area contributed by atoms with Crippen LogP contribution in [0.15, 0.2) is 18.2 Å². The lowest BCUT2D eigenvalue weighted by molar-refractivity contribution is 0.0999. The first-order chi connectivity index (χ1) is 8.66. The van der Waals surface area contributed by atoms with Gasteiger partial charge in [-0.15, -0.1) is 0 Å². The van der Waals surface area contributed by atoms with E-state index < -0.39 is 5.91 Å². The second-order valence-corrected chi connectivity index (χ2v) is 4.69. The van der Waals surface area contributed by atoms with E-state index in [1.807, 2.05) is 19.1 Å². The van der Waals surface area contributed by atoms with Crippen molar-refractivity contribution in [1.29, 1.82) is 0 Å². The van der Waals surface area contributed by atoms with Gasteiger partial charge >= 0.3 is 0 Å². The first-order valence-corrected chi connectivity index (χ1v) is 6.29. The minimum absolute atomic E-state index is 0.391. The highest BCUT2D eigenvalue weighted by Crippen LogP contribution is 2.12. The van der Waals surface area contributed by atoms with E-state index in [1.165, 1.54) is 0 Å². The lowest BCUT2D eigenvalue weighted by Gasteiger charge is -2.17. The highest BCUT2D eigenvalue weighted by Gasteiger charge is 2.09. The van der Waals surface area contributed by atoms with Crippen LogP contribution in [0.1, 0.15) is 34.3 Å². The second-order valence-electron chi connectivity index (χ2n) is 4.69. The van der Waals surface area contributed by atoms with Crippen LogP contribution < -0.4 is 11.1 Å². The van der Waals surface area contributed by atoms with E-state index in [-0.39, 0.29) is 0 Å². The fourth-order valence-corrected chi connectivity index (χ4v) is 2.12. The molecule has 2 rings (SSSR count). The molecule has 0 aliphatic carbocycles. The Morgan fingerprint density at radius 3 is 2.78 bits per heavy atom. The molecule has 0 saturated carbocycles. The molecule has 3 heteroatoms. The maximum Gasteiger partial charge on any atom is 0.249 e. The first-order valence-electron chi connectivity index (χ1n) is 6.29. The Kier molecular flexibility index (Phi) is 4.01. The average Bonchev–Trinajstić information content (AvgIpc) is 2.38. The molecule has 1 fully saturated rings. The first kappa shape index (κ1) is 12.7. The van der Waals surface area contributed by atoms with Crippen molar-refractivity contribution in [2.24, 2.45) is 11.7 Å². The Labute approximate surface area is 108 Å². The fourth-order valence-electron chi connectivity index (χ4n) is 2.12. The Morgan fingerprint density at radius 2 is 2.11 bits per heavy atom. The molecule has 0 unspecified atom stereocenters. The van der Waals surface area contributed by atoms with Gasteiger partial charge in [0.2, 0.25) is 5.91 Å². The molecule has 3 nitrogen and oxygen atoms in total. The molecular formula is C15H18N2O. The minimum Gasteiger partial charge on any atom is -0.366 e. The van der Waals surface area contributed by atoms with E-state index in [9.17, 15) is 4.79 Å². The Hall–Kier alpha value is -1.79. The fraction of sp³-hybridized carbons (Fsp3) is 0.400. The van der Waals surface area contributed by atoms with Crippen LogP contribution in [0.25, 0.3) is 0 Å². The largest absolute Gasteiger partial charge is 0.366 e. The number of nitrogens with two attached hydrogens (primary N) is 1. The molecule has 94 valence electrons. The number of amides is 1. The lowest BCUT2D eigenvalue weighted by atomic mass is 9.98. The smallest absolute Gasteiger partial charge is 0.249 e. The Balaban J connectivity index is 2.16. The van der Waals surface area contributed by atoms with Gasteiger partial charge in [-0.25, -0.2) is 0 Å². The molecule has 3 N–H and O–H groups in total. The summed E-state index contributed by atoms with van der Waals surface area (Å²) in [5, 5.41) is 3.32. The van der Waals surface area contributed by atoms with E-state index in [0.29, 0.717) is 11.5 Å². The van der Waals surface area contributed by atoms with E-state index in [0.717, 1.165) is 37.1 Å². The predicted octanol–water partition coefficient (Wildman–Crippen LogP) is 1.45. The van der Waals surface area contributed by atoms with Crippen LogP contribution in [0, 0.1) is 24.7 Å². The summed E-state index contributed by atoms with van der Waals surface area (Å²) in [6.45, 7) is 3.96. The van der Waals surface area contributed by atoms with Gasteiger partial charge in [-0.2, -0.15) is 0 Å². The number of rotatable bonds is 1. The van der Waals surface area contributed by atoms with Crippen LogP contribution in [0.3, 0.4) is 0 Å². The quantitative estimate of drug-likeness (QED) is 0.732. The third kappa shape index (κ3) is 3.12. The topological polar surface area (TPSA) is 55.1 Å². The average molecular weight is 242 g/mol. The monoisotopic (exact) mass is 242 g/mol. The van der Waals surface area contributed by atoms with Crippen molar-refractivity contribution in [2.45, 2.75) is 19.8 Å². The number of hydrogen-bond donors (Lipinski definition) is 2. The number of benzene rings is 1. The van der Waals surface area contributed by atoms with Gasteiger partial charge in [0.25, 0.3) is 0 Å². The van der Waals surface area contributed by atoms with Crippen molar-refractivity contribution in [3.63, 3.8) is 0 Å². The number of carbonyl (C=O) groups excluding carboxylic acids is 1. The van der Waals surface area contributed by atoms with E-state index in [4.69, 9.17) is 5.73 Å². The van der Waals surface area contributed by atoms with Crippen molar-refractivity contribution in [3.8, 4) is 11.8 Å². The van der Waals surface area contributed by atoms with Gasteiger partial charge in [0.15, 0.2) is 0 Å². The summed E-state index contributed by atoms with van der Waals surface area (Å²) >= 11 is 0. The molecule has 0 radical (unpaired) electrons. The van der Waals surface area contributed by atoms with Crippen molar-refractivity contribution < 1.29 is 4.79 Å². The SMILES string of the molecule is Cc1ccc(C#CC2CCNCC2)cc1C(N)=O. The summed E-state index contributed by atoms with van der Waals surface area (Å²) in [7, 11) is 0. The summed E-state index contributed by atoms with van der Waals surface area (Å²) < 4.78 is 0. The molecule has 1 aliphatic heterocycles. The molecule has 0 spiro atoms. The normalized spacial score (nSPS) is 15.8. The minimum atomic E-state index is -0.391. The zero-order valence-electron chi connectivity index (χ0n) is 10.6. The molecule has 0 bridgehead atoms. The maximum atomic E-state index is 11.2. The van der Waals surface area contributed by atoms with Crippen molar-refractivity contribution >= 4 is 5.91 Å². The van der Waals surface area contributed by atoms with Crippen LogP contribution in [0.2, 0.25) is 0 Å². The molecular weight excluding hydrogens is 224 g/mol. The molecule has 1 aliphatic rings. The number of primary amides is 1. The third-order valence-electron chi connectivity index (χ3n) is 3.26. The highest BCUT2D eigenvalue weighted by atomic mass is 16.1. The van der Waals surface area contributed by atoms with E-state index >= 15 is 0 Å². The number of carbonyl (C=O) groups is 1. The number of aryl methyl sites for hydroxylation is 1. The van der Waals surface area contributed by atoms with E-state index in [1.54, 1.807) is 6.07 Å². The molecule has 0 aromatic heterocycles. The van der Waals surface area contributed by atoms with Crippen LogP contribution in [-0.4, -0.2) is 19.0 Å². The van der Waals surface area contributed by atoms with Gasteiger partial charge < -0.3 is 11.1 Å². The Morgan fingerprint density at radius 1 is 1.39 bits per heavy atom.